The monoisotopic (exact) mass is 264 g/mol. The normalized spacial score (nSPS) is 23.3. The lowest BCUT2D eigenvalue weighted by molar-refractivity contribution is 0.0251. The molecule has 2 rings (SSSR count). The molecule has 5 heteroatoms. The van der Waals surface area contributed by atoms with Crippen molar-refractivity contribution in [3.63, 3.8) is 0 Å². The molecule has 0 atom stereocenters. The molecule has 1 aliphatic rings. The van der Waals surface area contributed by atoms with Gasteiger partial charge in [-0.25, -0.2) is 9.97 Å². The summed E-state index contributed by atoms with van der Waals surface area (Å²) in [5.74, 6) is 0.689. The molecule has 106 valence electrons. The lowest BCUT2D eigenvalue weighted by Crippen LogP contribution is -2.30. The SMILES string of the molecule is Cc1cnc(NCCCOC2CCC(N)CC2)nc1. The Hall–Kier alpha value is -1.20. The summed E-state index contributed by atoms with van der Waals surface area (Å²) in [4.78, 5) is 8.39. The highest BCUT2D eigenvalue weighted by Crippen LogP contribution is 2.19. The first-order valence-corrected chi connectivity index (χ1v) is 7.14. The average molecular weight is 264 g/mol. The number of anilines is 1. The third kappa shape index (κ3) is 5.12. The first-order valence-electron chi connectivity index (χ1n) is 7.14. The van der Waals surface area contributed by atoms with E-state index in [9.17, 15) is 0 Å². The van der Waals surface area contributed by atoms with Gasteiger partial charge in [0, 0.05) is 31.6 Å². The molecule has 0 unspecified atom stereocenters. The molecule has 1 heterocycles. The molecular weight excluding hydrogens is 240 g/mol. The molecule has 1 aromatic heterocycles. The average Bonchev–Trinajstić information content (AvgIpc) is 2.43. The van der Waals surface area contributed by atoms with E-state index in [2.05, 4.69) is 15.3 Å². The number of ether oxygens (including phenoxy) is 1. The minimum absolute atomic E-state index is 0.389. The van der Waals surface area contributed by atoms with Gasteiger partial charge in [-0.15, -0.1) is 0 Å². The van der Waals surface area contributed by atoms with Crippen molar-refractivity contribution in [2.45, 2.75) is 51.2 Å². The fourth-order valence-electron chi connectivity index (χ4n) is 2.26. The topological polar surface area (TPSA) is 73.1 Å². The van der Waals surface area contributed by atoms with Crippen molar-refractivity contribution in [2.24, 2.45) is 5.73 Å². The van der Waals surface area contributed by atoms with Crippen LogP contribution in [0.2, 0.25) is 0 Å². The van der Waals surface area contributed by atoms with Gasteiger partial charge < -0.3 is 15.8 Å². The predicted molar refractivity (Wildman–Crippen MR) is 76.1 cm³/mol. The maximum Gasteiger partial charge on any atom is 0.222 e. The minimum Gasteiger partial charge on any atom is -0.378 e. The first kappa shape index (κ1) is 14.2. The number of hydrogen-bond donors (Lipinski definition) is 2. The Morgan fingerprint density at radius 2 is 1.95 bits per heavy atom. The van der Waals surface area contributed by atoms with Crippen molar-refractivity contribution in [3.8, 4) is 0 Å². The number of hydrogen-bond acceptors (Lipinski definition) is 5. The molecule has 1 aliphatic carbocycles. The zero-order chi connectivity index (χ0) is 13.5. The third-order valence-corrected chi connectivity index (χ3v) is 3.46. The Labute approximate surface area is 115 Å². The van der Waals surface area contributed by atoms with Crippen molar-refractivity contribution in [1.82, 2.24) is 9.97 Å². The number of aryl methyl sites for hydroxylation is 1. The first-order chi connectivity index (χ1) is 9.24. The second-order valence-corrected chi connectivity index (χ2v) is 5.27. The maximum absolute atomic E-state index is 5.87. The van der Waals surface area contributed by atoms with Crippen molar-refractivity contribution in [2.75, 3.05) is 18.5 Å². The molecule has 0 saturated heterocycles. The Morgan fingerprint density at radius 3 is 2.63 bits per heavy atom. The summed E-state index contributed by atoms with van der Waals surface area (Å²) in [6.07, 6.45) is 9.43. The largest absolute Gasteiger partial charge is 0.378 e. The second-order valence-electron chi connectivity index (χ2n) is 5.27. The molecule has 1 fully saturated rings. The number of nitrogens with two attached hydrogens (primary N) is 1. The fraction of sp³-hybridized carbons (Fsp3) is 0.714. The summed E-state index contributed by atoms with van der Waals surface area (Å²) >= 11 is 0. The predicted octanol–water partition coefficient (Wildman–Crippen LogP) is 1.87. The van der Waals surface area contributed by atoms with E-state index in [1.54, 1.807) is 0 Å². The van der Waals surface area contributed by atoms with E-state index in [-0.39, 0.29) is 0 Å². The Bertz CT molecular complexity index is 360. The Kier molecular flexibility index (Phi) is 5.54. The summed E-state index contributed by atoms with van der Waals surface area (Å²) in [5, 5.41) is 3.19. The molecule has 0 radical (unpaired) electrons. The van der Waals surface area contributed by atoms with Crippen LogP contribution in [0.25, 0.3) is 0 Å². The van der Waals surface area contributed by atoms with Crippen molar-refractivity contribution in [3.05, 3.63) is 18.0 Å². The summed E-state index contributed by atoms with van der Waals surface area (Å²) in [5.41, 5.74) is 6.94. The number of nitrogens with one attached hydrogen (secondary N) is 1. The third-order valence-electron chi connectivity index (χ3n) is 3.46. The molecular formula is C14H24N4O. The van der Waals surface area contributed by atoms with Crippen LogP contribution < -0.4 is 11.1 Å². The second kappa shape index (κ2) is 7.40. The van der Waals surface area contributed by atoms with Crippen molar-refractivity contribution >= 4 is 5.95 Å². The van der Waals surface area contributed by atoms with E-state index in [0.717, 1.165) is 50.8 Å². The lowest BCUT2D eigenvalue weighted by atomic mass is 9.94. The van der Waals surface area contributed by atoms with Gasteiger partial charge in [0.1, 0.15) is 0 Å². The molecule has 0 bridgehead atoms. The molecule has 1 saturated carbocycles. The summed E-state index contributed by atoms with van der Waals surface area (Å²) in [6.45, 7) is 3.61. The van der Waals surface area contributed by atoms with E-state index < -0.39 is 0 Å². The maximum atomic E-state index is 5.87. The minimum atomic E-state index is 0.389. The molecule has 3 N–H and O–H groups in total. The molecule has 1 aromatic rings. The molecule has 5 nitrogen and oxygen atoms in total. The molecule has 0 spiro atoms. The van der Waals surface area contributed by atoms with E-state index in [1.807, 2.05) is 19.3 Å². The van der Waals surface area contributed by atoms with Gasteiger partial charge in [0.15, 0.2) is 0 Å². The van der Waals surface area contributed by atoms with Gasteiger partial charge in [0.05, 0.1) is 6.10 Å². The highest BCUT2D eigenvalue weighted by atomic mass is 16.5. The molecule has 19 heavy (non-hydrogen) atoms. The van der Waals surface area contributed by atoms with E-state index >= 15 is 0 Å². The summed E-state index contributed by atoms with van der Waals surface area (Å²) in [6, 6.07) is 0.389. The summed E-state index contributed by atoms with van der Waals surface area (Å²) < 4.78 is 5.85. The van der Waals surface area contributed by atoms with Crippen LogP contribution in [-0.2, 0) is 4.74 Å². The smallest absolute Gasteiger partial charge is 0.222 e. The van der Waals surface area contributed by atoms with Crippen molar-refractivity contribution < 1.29 is 4.74 Å². The van der Waals surface area contributed by atoms with Gasteiger partial charge in [-0.1, -0.05) is 0 Å². The zero-order valence-electron chi connectivity index (χ0n) is 11.6. The van der Waals surface area contributed by atoms with Crippen molar-refractivity contribution in [1.29, 1.82) is 0 Å². The van der Waals surface area contributed by atoms with E-state index in [1.165, 1.54) is 0 Å². The van der Waals surface area contributed by atoms with Crippen LogP contribution in [0.3, 0.4) is 0 Å². The van der Waals surface area contributed by atoms with Gasteiger partial charge in [0.2, 0.25) is 5.95 Å². The van der Waals surface area contributed by atoms with E-state index in [4.69, 9.17) is 10.5 Å². The lowest BCUT2D eigenvalue weighted by Gasteiger charge is -2.26. The summed E-state index contributed by atoms with van der Waals surface area (Å²) in [7, 11) is 0. The van der Waals surface area contributed by atoms with Gasteiger partial charge in [-0.3, -0.25) is 0 Å². The van der Waals surface area contributed by atoms with Crippen LogP contribution >= 0.6 is 0 Å². The van der Waals surface area contributed by atoms with Crippen LogP contribution in [0, 0.1) is 6.92 Å². The quantitative estimate of drug-likeness (QED) is 0.767. The number of rotatable bonds is 6. The number of aromatic nitrogens is 2. The Morgan fingerprint density at radius 1 is 1.26 bits per heavy atom. The highest BCUT2D eigenvalue weighted by molar-refractivity contribution is 5.23. The molecule has 0 aliphatic heterocycles. The van der Waals surface area contributed by atoms with Crippen LogP contribution in [0.5, 0.6) is 0 Å². The highest BCUT2D eigenvalue weighted by Gasteiger charge is 2.18. The zero-order valence-corrected chi connectivity index (χ0v) is 11.6. The van der Waals surface area contributed by atoms with Crippen LogP contribution in [0.15, 0.2) is 12.4 Å². The fourth-order valence-corrected chi connectivity index (χ4v) is 2.26. The van der Waals surface area contributed by atoms with Gasteiger partial charge in [-0.05, 0) is 44.6 Å². The van der Waals surface area contributed by atoms with E-state index in [0.29, 0.717) is 18.1 Å². The standard InChI is InChI=1S/C14H24N4O/c1-11-9-17-14(18-10-11)16-7-2-8-19-13-5-3-12(15)4-6-13/h9-10,12-13H,2-8,15H2,1H3,(H,16,17,18). The van der Waals surface area contributed by atoms with Crippen LogP contribution in [0.4, 0.5) is 5.95 Å². The Balaban J connectivity index is 1.53. The molecule has 0 aromatic carbocycles. The van der Waals surface area contributed by atoms with Crippen LogP contribution in [-0.4, -0.2) is 35.3 Å². The number of nitrogens with zero attached hydrogens (tertiary/aromatic N) is 2. The molecule has 0 amide bonds. The van der Waals surface area contributed by atoms with Gasteiger partial charge in [0.25, 0.3) is 0 Å². The van der Waals surface area contributed by atoms with Crippen LogP contribution in [0.1, 0.15) is 37.7 Å². The van der Waals surface area contributed by atoms with Gasteiger partial charge >= 0.3 is 0 Å². The van der Waals surface area contributed by atoms with Gasteiger partial charge in [-0.2, -0.15) is 0 Å².